The van der Waals surface area contributed by atoms with Crippen molar-refractivity contribution in [2.75, 3.05) is 16.6 Å². The summed E-state index contributed by atoms with van der Waals surface area (Å²) in [6.45, 7) is 2.72. The monoisotopic (exact) mass is 417 g/mol. The molecule has 0 saturated carbocycles. The Labute approximate surface area is 138 Å². The molecule has 0 atom stereocenters. The van der Waals surface area contributed by atoms with Gasteiger partial charge in [-0.1, -0.05) is 6.92 Å². The molecule has 0 amide bonds. The summed E-state index contributed by atoms with van der Waals surface area (Å²) in [7, 11) is -3.66. The van der Waals surface area contributed by atoms with E-state index in [-0.39, 0.29) is 4.90 Å². The maximum absolute atomic E-state index is 12.5. The van der Waals surface area contributed by atoms with Gasteiger partial charge < -0.3 is 5.32 Å². The second-order valence-corrected chi connectivity index (χ2v) is 7.31. The van der Waals surface area contributed by atoms with Gasteiger partial charge in [0.15, 0.2) is 0 Å². The molecule has 1 aromatic carbocycles. The zero-order chi connectivity index (χ0) is 15.3. The van der Waals surface area contributed by atoms with Crippen LogP contribution in [0.1, 0.15) is 13.3 Å². The summed E-state index contributed by atoms with van der Waals surface area (Å²) in [5, 5.41) is 3.10. The lowest BCUT2D eigenvalue weighted by molar-refractivity contribution is 0.601. The third-order valence-corrected chi connectivity index (χ3v) is 4.86. The van der Waals surface area contributed by atoms with Crippen molar-refractivity contribution >= 4 is 44.0 Å². The van der Waals surface area contributed by atoms with E-state index in [1.54, 1.807) is 24.4 Å². The first kappa shape index (κ1) is 16.0. The second kappa shape index (κ2) is 7.08. The second-order valence-electron chi connectivity index (χ2n) is 4.41. The van der Waals surface area contributed by atoms with Crippen LogP contribution in [0.25, 0.3) is 0 Å². The molecule has 0 aliphatic carbocycles. The van der Waals surface area contributed by atoms with E-state index in [0.717, 1.165) is 9.99 Å². The van der Waals surface area contributed by atoms with Crippen molar-refractivity contribution in [1.82, 2.24) is 4.98 Å². The summed E-state index contributed by atoms with van der Waals surface area (Å²) < 4.78 is 28.6. The van der Waals surface area contributed by atoms with Crippen molar-refractivity contribution in [3.63, 3.8) is 0 Å². The third kappa shape index (κ3) is 4.31. The normalized spacial score (nSPS) is 11.1. The smallest absolute Gasteiger partial charge is 0.265 e. The lowest BCUT2D eigenvalue weighted by Gasteiger charge is -2.13. The highest BCUT2D eigenvalue weighted by atomic mass is 127. The molecule has 0 spiro atoms. The Morgan fingerprint density at radius 1 is 1.19 bits per heavy atom. The van der Waals surface area contributed by atoms with Crippen LogP contribution >= 0.6 is 22.6 Å². The Kier molecular flexibility index (Phi) is 5.40. The van der Waals surface area contributed by atoms with Gasteiger partial charge in [0.1, 0.15) is 4.90 Å². The maximum atomic E-state index is 12.5. The zero-order valence-electron chi connectivity index (χ0n) is 11.5. The summed E-state index contributed by atoms with van der Waals surface area (Å²) in [6.07, 6.45) is 3.83. The molecule has 7 heteroatoms. The van der Waals surface area contributed by atoms with Crippen molar-refractivity contribution in [2.45, 2.75) is 18.2 Å². The predicted molar refractivity (Wildman–Crippen MR) is 93.0 cm³/mol. The zero-order valence-corrected chi connectivity index (χ0v) is 14.5. The molecule has 21 heavy (non-hydrogen) atoms. The third-order valence-electron chi connectivity index (χ3n) is 2.74. The standard InChI is InChI=1S/C14H16IN3O2S/c1-2-8-17-13-7-9-16-10-14(13)21(19,20)18-12-5-3-11(15)4-6-12/h3-7,9-10,18H,2,8H2,1H3,(H,16,17). The molecule has 2 rings (SSSR count). The lowest BCUT2D eigenvalue weighted by atomic mass is 10.3. The molecule has 0 bridgehead atoms. The fourth-order valence-corrected chi connectivity index (χ4v) is 3.27. The number of aromatic nitrogens is 1. The summed E-state index contributed by atoms with van der Waals surface area (Å²) in [6, 6.07) is 8.82. The number of benzene rings is 1. The predicted octanol–water partition coefficient (Wildman–Crippen LogP) is 3.31. The highest BCUT2D eigenvalue weighted by molar-refractivity contribution is 14.1. The average Bonchev–Trinajstić information content (AvgIpc) is 2.47. The molecule has 0 saturated heterocycles. The van der Waals surface area contributed by atoms with Gasteiger partial charge in [-0.2, -0.15) is 0 Å². The maximum Gasteiger partial charge on any atom is 0.265 e. The van der Waals surface area contributed by atoms with Gasteiger partial charge in [0, 0.05) is 28.2 Å². The molecular formula is C14H16IN3O2S. The molecule has 5 nitrogen and oxygen atoms in total. The van der Waals surface area contributed by atoms with Gasteiger partial charge in [0.25, 0.3) is 10.0 Å². The average molecular weight is 417 g/mol. The quantitative estimate of drug-likeness (QED) is 0.708. The Bertz CT molecular complexity index is 702. The van der Waals surface area contributed by atoms with E-state index in [1.165, 1.54) is 6.20 Å². The van der Waals surface area contributed by atoms with E-state index in [1.807, 2.05) is 19.1 Å². The van der Waals surface area contributed by atoms with Crippen molar-refractivity contribution in [3.05, 3.63) is 46.3 Å². The van der Waals surface area contributed by atoms with Gasteiger partial charge in [-0.15, -0.1) is 0 Å². The largest absolute Gasteiger partial charge is 0.384 e. The number of hydrogen-bond acceptors (Lipinski definition) is 4. The van der Waals surface area contributed by atoms with E-state index < -0.39 is 10.0 Å². The number of sulfonamides is 1. The first-order valence-corrected chi connectivity index (χ1v) is 9.05. The van der Waals surface area contributed by atoms with Crippen LogP contribution in [0.4, 0.5) is 11.4 Å². The molecule has 1 heterocycles. The van der Waals surface area contributed by atoms with Crippen molar-refractivity contribution in [1.29, 1.82) is 0 Å². The molecule has 0 aliphatic rings. The van der Waals surface area contributed by atoms with E-state index in [4.69, 9.17) is 0 Å². The number of nitrogens with zero attached hydrogens (tertiary/aromatic N) is 1. The molecule has 2 aromatic rings. The minimum Gasteiger partial charge on any atom is -0.384 e. The number of halogens is 1. The summed E-state index contributed by atoms with van der Waals surface area (Å²) in [5.41, 5.74) is 1.09. The van der Waals surface area contributed by atoms with E-state index in [0.29, 0.717) is 17.9 Å². The Balaban J connectivity index is 2.29. The summed E-state index contributed by atoms with van der Waals surface area (Å²) >= 11 is 2.17. The fourth-order valence-electron chi connectivity index (χ4n) is 1.73. The van der Waals surface area contributed by atoms with Crippen molar-refractivity contribution in [2.24, 2.45) is 0 Å². The Morgan fingerprint density at radius 3 is 2.57 bits per heavy atom. The van der Waals surface area contributed by atoms with Crippen molar-refractivity contribution in [3.8, 4) is 0 Å². The van der Waals surface area contributed by atoms with Crippen LogP contribution in [-0.2, 0) is 10.0 Å². The summed E-state index contributed by atoms with van der Waals surface area (Å²) in [4.78, 5) is 4.07. The first-order valence-electron chi connectivity index (χ1n) is 6.49. The number of pyridine rings is 1. The van der Waals surface area contributed by atoms with Crippen LogP contribution in [0.3, 0.4) is 0 Å². The number of rotatable bonds is 6. The minimum atomic E-state index is -3.66. The van der Waals surface area contributed by atoms with Gasteiger partial charge in [-0.3, -0.25) is 9.71 Å². The van der Waals surface area contributed by atoms with Gasteiger partial charge in [-0.05, 0) is 59.3 Å². The topological polar surface area (TPSA) is 71.1 Å². The molecule has 112 valence electrons. The molecule has 2 N–H and O–H groups in total. The van der Waals surface area contributed by atoms with Gasteiger partial charge in [0.2, 0.25) is 0 Å². The van der Waals surface area contributed by atoms with E-state index in [9.17, 15) is 8.42 Å². The van der Waals surface area contributed by atoms with Crippen molar-refractivity contribution < 1.29 is 8.42 Å². The van der Waals surface area contributed by atoms with E-state index in [2.05, 4.69) is 37.6 Å². The first-order chi connectivity index (χ1) is 10.0. The summed E-state index contributed by atoms with van der Waals surface area (Å²) in [5.74, 6) is 0. The Hall–Kier alpha value is -1.35. The highest BCUT2D eigenvalue weighted by Gasteiger charge is 2.18. The van der Waals surface area contributed by atoms with Crippen LogP contribution in [0.5, 0.6) is 0 Å². The van der Waals surface area contributed by atoms with Gasteiger partial charge >= 0.3 is 0 Å². The molecule has 0 fully saturated rings. The Morgan fingerprint density at radius 2 is 1.90 bits per heavy atom. The number of nitrogens with one attached hydrogen (secondary N) is 2. The minimum absolute atomic E-state index is 0.150. The van der Waals surface area contributed by atoms with Crippen LogP contribution < -0.4 is 10.0 Å². The lowest BCUT2D eigenvalue weighted by Crippen LogP contribution is -2.16. The number of anilines is 2. The SMILES string of the molecule is CCCNc1ccncc1S(=O)(=O)Nc1ccc(I)cc1. The number of hydrogen-bond donors (Lipinski definition) is 2. The van der Waals surface area contributed by atoms with Crippen LogP contribution in [0.2, 0.25) is 0 Å². The van der Waals surface area contributed by atoms with Crippen LogP contribution in [0, 0.1) is 3.57 Å². The molecule has 1 aromatic heterocycles. The fraction of sp³-hybridized carbons (Fsp3) is 0.214. The molecular weight excluding hydrogens is 401 g/mol. The van der Waals surface area contributed by atoms with E-state index >= 15 is 0 Å². The molecule has 0 radical (unpaired) electrons. The molecule has 0 aliphatic heterocycles. The highest BCUT2D eigenvalue weighted by Crippen LogP contribution is 2.23. The van der Waals surface area contributed by atoms with Gasteiger partial charge in [-0.25, -0.2) is 8.42 Å². The van der Waals surface area contributed by atoms with Crippen LogP contribution in [0.15, 0.2) is 47.6 Å². The van der Waals surface area contributed by atoms with Crippen LogP contribution in [-0.4, -0.2) is 19.9 Å². The molecule has 0 unspecified atom stereocenters. The van der Waals surface area contributed by atoms with Gasteiger partial charge in [0.05, 0.1) is 5.69 Å².